The van der Waals surface area contributed by atoms with Crippen LogP contribution in [-0.4, -0.2) is 14.9 Å². The topological polar surface area (TPSA) is 41.9 Å². The zero-order valence-electron chi connectivity index (χ0n) is 13.5. The number of rotatable bonds is 5. The minimum atomic E-state index is -0.263. The van der Waals surface area contributed by atoms with Gasteiger partial charge in [-0.2, -0.15) is 5.10 Å². The van der Waals surface area contributed by atoms with Gasteiger partial charge in [0.05, 0.1) is 6.54 Å². The van der Waals surface area contributed by atoms with Crippen molar-refractivity contribution in [3.8, 4) is 0 Å². The number of anilines is 1. The van der Waals surface area contributed by atoms with E-state index in [0.717, 1.165) is 11.1 Å². The van der Waals surface area contributed by atoms with Crippen molar-refractivity contribution in [1.29, 1.82) is 0 Å². The fraction of sp³-hybridized carbons (Fsp3) is 0.111. The molecule has 1 heterocycles. The summed E-state index contributed by atoms with van der Waals surface area (Å²) in [4.78, 5) is 0. The van der Waals surface area contributed by atoms with Crippen molar-refractivity contribution in [3.05, 3.63) is 81.7 Å². The number of hydrogen-bond acceptors (Lipinski definition) is 2. The van der Waals surface area contributed by atoms with Gasteiger partial charge in [-0.25, -0.2) is 4.39 Å². The van der Waals surface area contributed by atoms with Crippen LogP contribution in [0.4, 0.5) is 10.2 Å². The predicted molar refractivity (Wildman–Crippen MR) is 107 cm³/mol. The van der Waals surface area contributed by atoms with Gasteiger partial charge in [-0.05, 0) is 47.6 Å². The van der Waals surface area contributed by atoms with Crippen molar-refractivity contribution in [2.45, 2.75) is 13.1 Å². The van der Waals surface area contributed by atoms with Crippen molar-refractivity contribution in [2.75, 3.05) is 5.32 Å². The molecule has 0 unspecified atom stereocenters. The molecule has 134 valence electrons. The second-order valence-electron chi connectivity index (χ2n) is 5.57. The molecule has 0 spiro atoms. The molecule has 0 bridgehead atoms. The number of nitrogens with one attached hydrogen (secondary N) is 2. The molecule has 0 atom stereocenters. The van der Waals surface area contributed by atoms with Gasteiger partial charge in [0.15, 0.2) is 10.9 Å². The molecule has 1 aromatic heterocycles. The van der Waals surface area contributed by atoms with E-state index in [0.29, 0.717) is 34.1 Å². The van der Waals surface area contributed by atoms with Crippen LogP contribution < -0.4 is 10.6 Å². The van der Waals surface area contributed by atoms with Crippen molar-refractivity contribution in [3.63, 3.8) is 0 Å². The van der Waals surface area contributed by atoms with Crippen molar-refractivity contribution >= 4 is 46.4 Å². The van der Waals surface area contributed by atoms with Crippen LogP contribution >= 0.6 is 35.4 Å². The molecule has 8 heteroatoms. The normalized spacial score (nSPS) is 10.6. The Balaban J connectivity index is 1.54. The van der Waals surface area contributed by atoms with Crippen LogP contribution in [-0.2, 0) is 13.1 Å². The van der Waals surface area contributed by atoms with E-state index in [1.165, 1.54) is 12.1 Å². The summed E-state index contributed by atoms with van der Waals surface area (Å²) in [6, 6.07) is 13.4. The number of nitrogens with zero attached hydrogens (tertiary/aromatic N) is 2. The average molecular weight is 409 g/mol. The summed E-state index contributed by atoms with van der Waals surface area (Å²) in [6.45, 7) is 1.01. The Morgan fingerprint density at radius 1 is 1.12 bits per heavy atom. The Bertz CT molecular complexity index is 912. The molecule has 0 saturated carbocycles. The van der Waals surface area contributed by atoms with Crippen LogP contribution in [0.1, 0.15) is 11.1 Å². The molecule has 0 saturated heterocycles. The van der Waals surface area contributed by atoms with Crippen LogP contribution in [0.5, 0.6) is 0 Å². The SMILES string of the molecule is Fc1ccc(CNC(=S)Nc2ccn(Cc3ccc(Cl)cc3Cl)n2)cc1. The first-order chi connectivity index (χ1) is 12.5. The number of halogens is 3. The molecule has 0 aliphatic carbocycles. The molecule has 26 heavy (non-hydrogen) atoms. The molecule has 0 amide bonds. The van der Waals surface area contributed by atoms with Gasteiger partial charge in [-0.3, -0.25) is 4.68 Å². The average Bonchev–Trinajstić information content (AvgIpc) is 3.04. The lowest BCUT2D eigenvalue weighted by Gasteiger charge is -2.09. The Morgan fingerprint density at radius 3 is 2.62 bits per heavy atom. The van der Waals surface area contributed by atoms with Gasteiger partial charge < -0.3 is 10.6 Å². The smallest absolute Gasteiger partial charge is 0.172 e. The Morgan fingerprint density at radius 2 is 1.88 bits per heavy atom. The third-order valence-corrected chi connectivity index (χ3v) is 4.43. The van der Waals surface area contributed by atoms with Gasteiger partial charge in [-0.15, -0.1) is 0 Å². The van der Waals surface area contributed by atoms with Gasteiger partial charge in [0.25, 0.3) is 0 Å². The summed E-state index contributed by atoms with van der Waals surface area (Å²) in [7, 11) is 0. The van der Waals surface area contributed by atoms with Crippen LogP contribution in [0.3, 0.4) is 0 Å². The Labute approximate surface area is 165 Å². The molecule has 0 radical (unpaired) electrons. The van der Waals surface area contributed by atoms with Crippen molar-refractivity contribution in [1.82, 2.24) is 15.1 Å². The Kier molecular flexibility index (Phi) is 6.08. The first-order valence-corrected chi connectivity index (χ1v) is 8.93. The maximum atomic E-state index is 12.9. The molecular weight excluding hydrogens is 394 g/mol. The maximum Gasteiger partial charge on any atom is 0.172 e. The highest BCUT2D eigenvalue weighted by molar-refractivity contribution is 7.80. The summed E-state index contributed by atoms with van der Waals surface area (Å²) in [6.07, 6.45) is 1.83. The van der Waals surface area contributed by atoms with Crippen molar-refractivity contribution < 1.29 is 4.39 Å². The molecule has 2 N–H and O–H groups in total. The van der Waals surface area contributed by atoms with Gasteiger partial charge in [0.1, 0.15) is 5.82 Å². The van der Waals surface area contributed by atoms with Crippen molar-refractivity contribution in [2.24, 2.45) is 0 Å². The zero-order chi connectivity index (χ0) is 18.5. The van der Waals surface area contributed by atoms with Gasteiger partial charge in [0, 0.05) is 28.9 Å². The van der Waals surface area contributed by atoms with Gasteiger partial charge in [-0.1, -0.05) is 41.4 Å². The van der Waals surface area contributed by atoms with E-state index < -0.39 is 0 Å². The standard InChI is InChI=1S/C18H15Cl2FN4S/c19-14-4-3-13(16(20)9-14)11-25-8-7-17(24-25)23-18(26)22-10-12-1-5-15(21)6-2-12/h1-9H,10-11H2,(H2,22,23,24,26). The highest BCUT2D eigenvalue weighted by atomic mass is 35.5. The van der Waals surface area contributed by atoms with Gasteiger partial charge in [0.2, 0.25) is 0 Å². The van der Waals surface area contributed by atoms with Crippen LogP contribution in [0.25, 0.3) is 0 Å². The Hall–Kier alpha value is -2.15. The summed E-state index contributed by atoms with van der Waals surface area (Å²) in [5, 5.41) is 12.1. The highest BCUT2D eigenvalue weighted by Gasteiger charge is 2.06. The van der Waals surface area contributed by atoms with E-state index in [2.05, 4.69) is 15.7 Å². The van der Waals surface area contributed by atoms with Crippen LogP contribution in [0, 0.1) is 5.82 Å². The minimum absolute atomic E-state index is 0.263. The van der Waals surface area contributed by atoms with E-state index in [1.54, 1.807) is 28.9 Å². The van der Waals surface area contributed by atoms with E-state index >= 15 is 0 Å². The number of benzene rings is 2. The third kappa shape index (κ3) is 5.17. The number of aromatic nitrogens is 2. The summed E-state index contributed by atoms with van der Waals surface area (Å²) >= 11 is 17.3. The lowest BCUT2D eigenvalue weighted by molar-refractivity contribution is 0.627. The molecule has 0 aliphatic rings. The summed E-state index contributed by atoms with van der Waals surface area (Å²) in [5.74, 6) is 0.354. The molecule has 4 nitrogen and oxygen atoms in total. The molecule has 3 aromatic rings. The highest BCUT2D eigenvalue weighted by Crippen LogP contribution is 2.21. The van der Waals surface area contributed by atoms with E-state index in [4.69, 9.17) is 35.4 Å². The largest absolute Gasteiger partial charge is 0.358 e. The van der Waals surface area contributed by atoms with E-state index in [-0.39, 0.29) is 5.82 Å². The summed E-state index contributed by atoms with van der Waals surface area (Å²) < 4.78 is 14.6. The second kappa shape index (κ2) is 8.49. The first kappa shape index (κ1) is 18.6. The zero-order valence-corrected chi connectivity index (χ0v) is 15.9. The molecule has 0 aliphatic heterocycles. The maximum absolute atomic E-state index is 12.9. The molecule has 2 aromatic carbocycles. The summed E-state index contributed by atoms with van der Waals surface area (Å²) in [5.41, 5.74) is 1.85. The third-order valence-electron chi connectivity index (χ3n) is 3.60. The fourth-order valence-electron chi connectivity index (χ4n) is 2.29. The lowest BCUT2D eigenvalue weighted by atomic mass is 10.2. The fourth-order valence-corrected chi connectivity index (χ4v) is 2.93. The van der Waals surface area contributed by atoms with Crippen LogP contribution in [0.15, 0.2) is 54.7 Å². The molecule has 3 rings (SSSR count). The van der Waals surface area contributed by atoms with Gasteiger partial charge >= 0.3 is 0 Å². The van der Waals surface area contributed by atoms with E-state index in [1.807, 2.05) is 18.3 Å². The predicted octanol–water partition coefficient (Wildman–Crippen LogP) is 4.86. The van der Waals surface area contributed by atoms with Crippen LogP contribution in [0.2, 0.25) is 10.0 Å². The quantitative estimate of drug-likeness (QED) is 0.591. The first-order valence-electron chi connectivity index (χ1n) is 7.76. The number of hydrogen-bond donors (Lipinski definition) is 2. The minimum Gasteiger partial charge on any atom is -0.358 e. The second-order valence-corrected chi connectivity index (χ2v) is 6.82. The number of thiocarbonyl (C=S) groups is 1. The monoisotopic (exact) mass is 408 g/mol. The molecule has 0 fully saturated rings. The molecular formula is C18H15Cl2FN4S. The lowest BCUT2D eigenvalue weighted by Crippen LogP contribution is -2.28. The van der Waals surface area contributed by atoms with E-state index in [9.17, 15) is 4.39 Å².